The SMILES string of the molecule is CNCc1ccc(N2CCCC2CCCO)c(C)c1. The molecule has 0 spiro atoms. The van der Waals surface area contributed by atoms with E-state index in [1.807, 2.05) is 7.05 Å². The van der Waals surface area contributed by atoms with Gasteiger partial charge in [-0.15, -0.1) is 0 Å². The summed E-state index contributed by atoms with van der Waals surface area (Å²) < 4.78 is 0. The van der Waals surface area contributed by atoms with E-state index in [9.17, 15) is 0 Å². The molecular formula is C16H26N2O. The van der Waals surface area contributed by atoms with Crippen LogP contribution in [0.4, 0.5) is 5.69 Å². The van der Waals surface area contributed by atoms with E-state index in [2.05, 4.69) is 35.3 Å². The average Bonchev–Trinajstić information content (AvgIpc) is 2.85. The van der Waals surface area contributed by atoms with E-state index >= 15 is 0 Å². The Labute approximate surface area is 116 Å². The van der Waals surface area contributed by atoms with Gasteiger partial charge in [-0.2, -0.15) is 0 Å². The van der Waals surface area contributed by atoms with Crippen molar-refractivity contribution in [2.24, 2.45) is 0 Å². The van der Waals surface area contributed by atoms with Gasteiger partial charge in [-0.1, -0.05) is 12.1 Å². The van der Waals surface area contributed by atoms with Gasteiger partial charge in [-0.25, -0.2) is 0 Å². The van der Waals surface area contributed by atoms with Gasteiger partial charge in [0.25, 0.3) is 0 Å². The topological polar surface area (TPSA) is 35.5 Å². The van der Waals surface area contributed by atoms with Gasteiger partial charge in [-0.05, 0) is 56.8 Å². The summed E-state index contributed by atoms with van der Waals surface area (Å²) >= 11 is 0. The number of hydrogen-bond donors (Lipinski definition) is 2. The fraction of sp³-hybridized carbons (Fsp3) is 0.625. The van der Waals surface area contributed by atoms with Gasteiger partial charge in [0.1, 0.15) is 0 Å². The van der Waals surface area contributed by atoms with E-state index in [0.29, 0.717) is 12.6 Å². The molecule has 0 amide bonds. The lowest BCUT2D eigenvalue weighted by Crippen LogP contribution is -2.30. The van der Waals surface area contributed by atoms with Crippen LogP contribution in [0.25, 0.3) is 0 Å². The molecule has 1 atom stereocenters. The predicted molar refractivity (Wildman–Crippen MR) is 80.6 cm³/mol. The molecule has 1 aliphatic rings. The molecule has 19 heavy (non-hydrogen) atoms. The van der Waals surface area contributed by atoms with E-state index in [0.717, 1.165) is 25.9 Å². The van der Waals surface area contributed by atoms with Crippen molar-refractivity contribution in [2.75, 3.05) is 25.1 Å². The molecule has 2 rings (SSSR count). The van der Waals surface area contributed by atoms with Crippen LogP contribution in [0.1, 0.15) is 36.8 Å². The number of rotatable bonds is 6. The third kappa shape index (κ3) is 3.48. The maximum Gasteiger partial charge on any atom is 0.0431 e. The molecule has 3 heteroatoms. The average molecular weight is 262 g/mol. The van der Waals surface area contributed by atoms with Crippen molar-refractivity contribution in [2.45, 2.75) is 45.2 Å². The van der Waals surface area contributed by atoms with Crippen LogP contribution in [0.3, 0.4) is 0 Å². The monoisotopic (exact) mass is 262 g/mol. The molecule has 0 aliphatic carbocycles. The number of aryl methyl sites for hydroxylation is 1. The molecule has 1 fully saturated rings. The molecular weight excluding hydrogens is 236 g/mol. The standard InChI is InChI=1S/C16H26N2O/c1-13-11-14(12-17-2)7-8-16(13)18-9-3-5-15(18)6-4-10-19/h7-8,11,15,17,19H,3-6,9-10,12H2,1-2H3. The van der Waals surface area contributed by atoms with Gasteiger partial charge in [0.15, 0.2) is 0 Å². The number of nitrogens with zero attached hydrogens (tertiary/aromatic N) is 1. The normalized spacial score (nSPS) is 19.1. The van der Waals surface area contributed by atoms with Crippen LogP contribution in [0.2, 0.25) is 0 Å². The molecule has 1 aromatic rings. The lowest BCUT2D eigenvalue weighted by molar-refractivity contribution is 0.279. The summed E-state index contributed by atoms with van der Waals surface area (Å²) in [6, 6.07) is 7.38. The Kier molecular flexibility index (Phi) is 5.23. The summed E-state index contributed by atoms with van der Waals surface area (Å²) in [6.07, 6.45) is 4.55. The largest absolute Gasteiger partial charge is 0.396 e. The van der Waals surface area contributed by atoms with Crippen molar-refractivity contribution in [1.82, 2.24) is 5.32 Å². The van der Waals surface area contributed by atoms with Gasteiger partial charge in [0, 0.05) is 31.4 Å². The molecule has 2 N–H and O–H groups in total. The highest BCUT2D eigenvalue weighted by molar-refractivity contribution is 5.56. The summed E-state index contributed by atoms with van der Waals surface area (Å²) in [7, 11) is 1.98. The first kappa shape index (κ1) is 14.4. The Hall–Kier alpha value is -1.06. The molecule has 0 bridgehead atoms. The minimum absolute atomic E-state index is 0.310. The third-order valence-corrected chi connectivity index (χ3v) is 4.02. The Morgan fingerprint density at radius 2 is 2.26 bits per heavy atom. The minimum Gasteiger partial charge on any atom is -0.396 e. The van der Waals surface area contributed by atoms with Crippen molar-refractivity contribution in [3.63, 3.8) is 0 Å². The number of aliphatic hydroxyl groups excluding tert-OH is 1. The maximum atomic E-state index is 9.01. The Morgan fingerprint density at radius 1 is 1.42 bits per heavy atom. The van der Waals surface area contributed by atoms with Gasteiger partial charge in [-0.3, -0.25) is 0 Å². The zero-order valence-electron chi connectivity index (χ0n) is 12.2. The fourth-order valence-corrected chi connectivity index (χ4v) is 3.13. The molecule has 1 heterocycles. The van der Waals surface area contributed by atoms with Crippen LogP contribution in [0.5, 0.6) is 0 Å². The van der Waals surface area contributed by atoms with Gasteiger partial charge in [0.2, 0.25) is 0 Å². The highest BCUT2D eigenvalue weighted by atomic mass is 16.2. The van der Waals surface area contributed by atoms with Gasteiger partial charge < -0.3 is 15.3 Å². The van der Waals surface area contributed by atoms with Crippen LogP contribution >= 0.6 is 0 Å². The molecule has 1 aliphatic heterocycles. The van der Waals surface area contributed by atoms with E-state index in [-0.39, 0.29) is 0 Å². The second-order valence-corrected chi connectivity index (χ2v) is 5.51. The molecule has 1 unspecified atom stereocenters. The first-order valence-electron chi connectivity index (χ1n) is 7.38. The number of aliphatic hydroxyl groups is 1. The molecule has 0 aromatic heterocycles. The Balaban J connectivity index is 2.11. The molecule has 3 nitrogen and oxygen atoms in total. The second-order valence-electron chi connectivity index (χ2n) is 5.51. The van der Waals surface area contributed by atoms with E-state index < -0.39 is 0 Å². The molecule has 106 valence electrons. The first-order valence-corrected chi connectivity index (χ1v) is 7.38. The quantitative estimate of drug-likeness (QED) is 0.826. The third-order valence-electron chi connectivity index (χ3n) is 4.02. The fourth-order valence-electron chi connectivity index (χ4n) is 3.13. The predicted octanol–water partition coefficient (Wildman–Crippen LogP) is 2.46. The van der Waals surface area contributed by atoms with E-state index in [1.165, 1.54) is 29.7 Å². The molecule has 0 saturated carbocycles. The molecule has 1 saturated heterocycles. The zero-order valence-corrected chi connectivity index (χ0v) is 12.2. The summed E-state index contributed by atoms with van der Waals surface area (Å²) in [5.41, 5.74) is 4.08. The van der Waals surface area contributed by atoms with Crippen LogP contribution in [-0.2, 0) is 6.54 Å². The maximum absolute atomic E-state index is 9.01. The summed E-state index contributed by atoms with van der Waals surface area (Å²) in [4.78, 5) is 2.54. The lowest BCUT2D eigenvalue weighted by Gasteiger charge is -2.28. The second kappa shape index (κ2) is 6.92. The van der Waals surface area contributed by atoms with Crippen LogP contribution in [-0.4, -0.2) is 31.3 Å². The Bertz CT molecular complexity index is 406. The number of benzene rings is 1. The van der Waals surface area contributed by atoms with Gasteiger partial charge in [0.05, 0.1) is 0 Å². The number of hydrogen-bond acceptors (Lipinski definition) is 3. The van der Waals surface area contributed by atoms with Crippen molar-refractivity contribution < 1.29 is 5.11 Å². The van der Waals surface area contributed by atoms with Crippen molar-refractivity contribution in [1.29, 1.82) is 0 Å². The first-order chi connectivity index (χ1) is 9.26. The van der Waals surface area contributed by atoms with Crippen LogP contribution in [0, 0.1) is 6.92 Å². The Morgan fingerprint density at radius 3 is 2.95 bits per heavy atom. The highest BCUT2D eigenvalue weighted by Crippen LogP contribution is 2.31. The smallest absolute Gasteiger partial charge is 0.0431 e. The van der Waals surface area contributed by atoms with E-state index in [1.54, 1.807) is 0 Å². The molecule has 1 aromatic carbocycles. The van der Waals surface area contributed by atoms with E-state index in [4.69, 9.17) is 5.11 Å². The number of nitrogens with one attached hydrogen (secondary N) is 1. The van der Waals surface area contributed by atoms with Gasteiger partial charge >= 0.3 is 0 Å². The minimum atomic E-state index is 0.310. The summed E-state index contributed by atoms with van der Waals surface area (Å²) in [6.45, 7) is 4.59. The lowest BCUT2D eigenvalue weighted by atomic mass is 10.1. The summed E-state index contributed by atoms with van der Waals surface area (Å²) in [5, 5.41) is 12.2. The summed E-state index contributed by atoms with van der Waals surface area (Å²) in [5.74, 6) is 0. The van der Waals surface area contributed by atoms with Crippen LogP contribution < -0.4 is 10.2 Å². The van der Waals surface area contributed by atoms with Crippen LogP contribution in [0.15, 0.2) is 18.2 Å². The number of anilines is 1. The highest BCUT2D eigenvalue weighted by Gasteiger charge is 2.25. The zero-order chi connectivity index (χ0) is 13.7. The molecule has 0 radical (unpaired) electrons. The van der Waals surface area contributed by atoms with Crippen molar-refractivity contribution in [3.8, 4) is 0 Å². The van der Waals surface area contributed by atoms with Crippen molar-refractivity contribution >= 4 is 5.69 Å². The van der Waals surface area contributed by atoms with Crippen molar-refractivity contribution in [3.05, 3.63) is 29.3 Å².